The molecule has 1 aromatic rings. The van der Waals surface area contributed by atoms with Gasteiger partial charge in [0.05, 0.1) is 10.5 Å². The highest BCUT2D eigenvalue weighted by atomic mass is 32.2. The van der Waals surface area contributed by atoms with Gasteiger partial charge in [-0.15, -0.1) is 0 Å². The van der Waals surface area contributed by atoms with Crippen LogP contribution in [0.4, 0.5) is 5.69 Å². The van der Waals surface area contributed by atoms with Gasteiger partial charge in [0, 0.05) is 51.6 Å². The Balaban J connectivity index is 2.07. The first-order chi connectivity index (χ1) is 9.30. The van der Waals surface area contributed by atoms with E-state index in [1.165, 1.54) is 6.26 Å². The van der Waals surface area contributed by atoms with Crippen molar-refractivity contribution in [3.05, 3.63) is 24.3 Å². The van der Waals surface area contributed by atoms with Crippen LogP contribution in [0.2, 0.25) is 0 Å². The molecule has 20 heavy (non-hydrogen) atoms. The lowest BCUT2D eigenvalue weighted by Gasteiger charge is -2.36. The van der Waals surface area contributed by atoms with Crippen LogP contribution in [0.1, 0.15) is 12.8 Å². The van der Waals surface area contributed by atoms with E-state index in [2.05, 4.69) is 0 Å². The summed E-state index contributed by atoms with van der Waals surface area (Å²) in [7, 11) is -1.28. The highest BCUT2D eigenvalue weighted by Crippen LogP contribution is 2.24. The maximum atomic E-state index is 11.4. The Morgan fingerprint density at radius 3 is 2.30 bits per heavy atom. The van der Waals surface area contributed by atoms with Gasteiger partial charge in [0.2, 0.25) is 0 Å². The zero-order valence-electron chi connectivity index (χ0n) is 11.9. The number of likely N-dealkylation sites (N-methyl/N-ethyl adjacent to an activating group) is 1. The summed E-state index contributed by atoms with van der Waals surface area (Å²) in [5.41, 5.74) is 0.153. The second-order valence-corrected chi connectivity index (χ2v) is 7.47. The number of anilines is 1. The highest BCUT2D eigenvalue weighted by molar-refractivity contribution is 7.90. The molecule has 2 rings (SSSR count). The predicted molar refractivity (Wildman–Crippen MR) is 77.8 cm³/mol. The van der Waals surface area contributed by atoms with Gasteiger partial charge in [0.1, 0.15) is 0 Å². The van der Waals surface area contributed by atoms with E-state index in [0.29, 0.717) is 37.5 Å². The van der Waals surface area contributed by atoms with Crippen molar-refractivity contribution in [3.63, 3.8) is 0 Å². The monoisotopic (exact) mass is 299 g/mol. The largest absolute Gasteiger partial charge is 0.388 e. The summed E-state index contributed by atoms with van der Waals surface area (Å²) < 4.78 is 28.1. The van der Waals surface area contributed by atoms with Crippen molar-refractivity contribution in [3.8, 4) is 0 Å². The smallest absolute Gasteiger partial charge is 0.175 e. The summed E-state index contributed by atoms with van der Waals surface area (Å²) in [6, 6.07) is 6.71. The minimum atomic E-state index is -3.17. The Labute approximate surface area is 120 Å². The molecular weight excluding hydrogens is 278 g/mol. The van der Waals surface area contributed by atoms with Gasteiger partial charge in [0.25, 0.3) is 0 Å². The lowest BCUT2D eigenvalue weighted by Crippen LogP contribution is -2.45. The van der Waals surface area contributed by atoms with Gasteiger partial charge < -0.3 is 14.7 Å². The number of hydrogen-bond donors (Lipinski definition) is 1. The molecule has 0 unspecified atom stereocenters. The highest BCUT2D eigenvalue weighted by Gasteiger charge is 2.31. The number of nitrogens with zero attached hydrogens (tertiary/aromatic N) is 1. The lowest BCUT2D eigenvalue weighted by molar-refractivity contribution is -0.0572. The topological polar surface area (TPSA) is 66.8 Å². The third-order valence-electron chi connectivity index (χ3n) is 3.66. The Kier molecular flexibility index (Phi) is 4.36. The van der Waals surface area contributed by atoms with E-state index in [9.17, 15) is 13.5 Å². The molecule has 0 amide bonds. The standard InChI is InChI=1S/C14H21NO4S/c1-15(11-14(16)7-9-19-10-8-14)12-3-5-13(6-4-12)20(2,17)18/h3-6,16H,7-11H2,1-2H3. The van der Waals surface area contributed by atoms with Crippen LogP contribution in [0.15, 0.2) is 29.2 Å². The number of rotatable bonds is 4. The van der Waals surface area contributed by atoms with Crippen molar-refractivity contribution in [2.45, 2.75) is 23.3 Å². The molecule has 112 valence electrons. The fourth-order valence-electron chi connectivity index (χ4n) is 2.39. The molecule has 1 aliphatic rings. The van der Waals surface area contributed by atoms with Crippen molar-refractivity contribution in [1.82, 2.24) is 0 Å². The van der Waals surface area contributed by atoms with Crippen molar-refractivity contribution in [2.75, 3.05) is 38.0 Å². The maximum absolute atomic E-state index is 11.4. The summed E-state index contributed by atoms with van der Waals surface area (Å²) in [4.78, 5) is 2.25. The Hall–Kier alpha value is -1.11. The summed E-state index contributed by atoms with van der Waals surface area (Å²) in [6.07, 6.45) is 2.44. The molecule has 5 nitrogen and oxygen atoms in total. The average Bonchev–Trinajstić information content (AvgIpc) is 2.38. The van der Waals surface area contributed by atoms with Gasteiger partial charge in [-0.25, -0.2) is 8.42 Å². The Morgan fingerprint density at radius 2 is 1.80 bits per heavy atom. The van der Waals surface area contributed by atoms with Crippen molar-refractivity contribution in [1.29, 1.82) is 0 Å². The molecule has 0 radical (unpaired) electrons. The fraction of sp³-hybridized carbons (Fsp3) is 0.571. The molecule has 0 aliphatic carbocycles. The number of benzene rings is 1. The molecule has 0 saturated carbocycles. The quantitative estimate of drug-likeness (QED) is 0.901. The van der Waals surface area contributed by atoms with Crippen LogP contribution in [0.25, 0.3) is 0 Å². The van der Waals surface area contributed by atoms with Crippen LogP contribution in [0.5, 0.6) is 0 Å². The zero-order valence-corrected chi connectivity index (χ0v) is 12.7. The van der Waals surface area contributed by atoms with E-state index in [1.807, 2.05) is 11.9 Å². The van der Waals surface area contributed by atoms with Crippen molar-refractivity contribution >= 4 is 15.5 Å². The zero-order chi connectivity index (χ0) is 14.8. The third-order valence-corrected chi connectivity index (χ3v) is 4.79. The summed E-state index contributed by atoms with van der Waals surface area (Å²) in [6.45, 7) is 1.67. The van der Waals surface area contributed by atoms with Gasteiger partial charge >= 0.3 is 0 Å². The van der Waals surface area contributed by atoms with E-state index < -0.39 is 15.4 Å². The summed E-state index contributed by atoms with van der Waals surface area (Å²) in [5, 5.41) is 10.5. The molecule has 0 atom stereocenters. The number of ether oxygens (including phenoxy) is 1. The summed E-state index contributed by atoms with van der Waals surface area (Å²) in [5.74, 6) is 0. The molecule has 1 N–H and O–H groups in total. The maximum Gasteiger partial charge on any atom is 0.175 e. The van der Waals surface area contributed by atoms with E-state index >= 15 is 0 Å². The van der Waals surface area contributed by atoms with Gasteiger partial charge in [-0.05, 0) is 24.3 Å². The minimum absolute atomic E-state index is 0.305. The normalized spacial score (nSPS) is 18.8. The second-order valence-electron chi connectivity index (χ2n) is 5.46. The Bertz CT molecular complexity index is 547. The first kappa shape index (κ1) is 15.3. The van der Waals surface area contributed by atoms with E-state index in [-0.39, 0.29) is 0 Å². The van der Waals surface area contributed by atoms with Gasteiger partial charge in [-0.2, -0.15) is 0 Å². The Morgan fingerprint density at radius 1 is 1.25 bits per heavy atom. The number of hydrogen-bond acceptors (Lipinski definition) is 5. The molecular formula is C14H21NO4S. The second kappa shape index (κ2) is 5.71. The van der Waals surface area contributed by atoms with Crippen molar-refractivity contribution < 1.29 is 18.3 Å². The molecule has 1 heterocycles. The average molecular weight is 299 g/mol. The predicted octanol–water partition coefficient (Wildman–Crippen LogP) is 1.07. The molecule has 1 aliphatic heterocycles. The van der Waals surface area contributed by atoms with E-state index in [0.717, 1.165) is 5.69 Å². The summed E-state index contributed by atoms with van der Waals surface area (Å²) >= 11 is 0. The van der Waals surface area contributed by atoms with Crippen LogP contribution >= 0.6 is 0 Å². The minimum Gasteiger partial charge on any atom is -0.388 e. The van der Waals surface area contributed by atoms with Gasteiger partial charge in [-0.3, -0.25) is 0 Å². The molecule has 1 fully saturated rings. The first-order valence-electron chi connectivity index (χ1n) is 6.62. The SMILES string of the molecule is CN(CC1(O)CCOCC1)c1ccc(S(C)(=O)=O)cc1. The number of aliphatic hydroxyl groups is 1. The van der Waals surface area contributed by atoms with Gasteiger partial charge in [-0.1, -0.05) is 0 Å². The number of sulfone groups is 1. The van der Waals surface area contributed by atoms with E-state index in [1.54, 1.807) is 24.3 Å². The lowest BCUT2D eigenvalue weighted by atomic mass is 9.94. The molecule has 0 spiro atoms. The third kappa shape index (κ3) is 3.71. The van der Waals surface area contributed by atoms with Crippen LogP contribution in [-0.4, -0.2) is 52.2 Å². The first-order valence-corrected chi connectivity index (χ1v) is 8.51. The van der Waals surface area contributed by atoms with Crippen molar-refractivity contribution in [2.24, 2.45) is 0 Å². The molecule has 1 saturated heterocycles. The van der Waals surface area contributed by atoms with Crippen LogP contribution in [0, 0.1) is 0 Å². The van der Waals surface area contributed by atoms with Crippen LogP contribution < -0.4 is 4.90 Å². The molecule has 0 aromatic heterocycles. The van der Waals surface area contributed by atoms with E-state index in [4.69, 9.17) is 4.74 Å². The van der Waals surface area contributed by atoms with Crippen LogP contribution in [-0.2, 0) is 14.6 Å². The fourth-order valence-corrected chi connectivity index (χ4v) is 3.02. The molecule has 0 bridgehead atoms. The molecule has 6 heteroatoms. The van der Waals surface area contributed by atoms with Gasteiger partial charge in [0.15, 0.2) is 9.84 Å². The van der Waals surface area contributed by atoms with Crippen LogP contribution in [0.3, 0.4) is 0 Å². The molecule has 1 aromatic carbocycles.